The zero-order valence-corrected chi connectivity index (χ0v) is 12.8. The molecular formula is C17H23NO3. The summed E-state index contributed by atoms with van der Waals surface area (Å²) in [5, 5.41) is 21.6. The van der Waals surface area contributed by atoms with Crippen molar-refractivity contribution in [3.05, 3.63) is 47.1 Å². The number of anilines is 1. The zero-order valence-electron chi connectivity index (χ0n) is 12.8. The van der Waals surface area contributed by atoms with Crippen LogP contribution < -0.4 is 5.32 Å². The number of aromatic hydroxyl groups is 1. The minimum absolute atomic E-state index is 0.0889. The fourth-order valence-electron chi connectivity index (χ4n) is 1.86. The first kappa shape index (κ1) is 16.8. The molecule has 0 atom stereocenters. The van der Waals surface area contributed by atoms with Crippen molar-refractivity contribution in [3.63, 3.8) is 0 Å². The van der Waals surface area contributed by atoms with Crippen molar-refractivity contribution < 1.29 is 15.0 Å². The van der Waals surface area contributed by atoms with Crippen LogP contribution in [0.3, 0.4) is 0 Å². The molecule has 0 amide bonds. The Balaban J connectivity index is 2.50. The van der Waals surface area contributed by atoms with Gasteiger partial charge in [-0.05, 0) is 45.7 Å². The van der Waals surface area contributed by atoms with Gasteiger partial charge in [-0.3, -0.25) is 0 Å². The molecule has 0 fully saturated rings. The van der Waals surface area contributed by atoms with E-state index in [0.29, 0.717) is 12.2 Å². The number of hydrogen-bond acceptors (Lipinski definition) is 3. The molecule has 0 radical (unpaired) electrons. The van der Waals surface area contributed by atoms with Gasteiger partial charge in [0, 0.05) is 18.3 Å². The van der Waals surface area contributed by atoms with Crippen LogP contribution in [0.4, 0.5) is 5.69 Å². The van der Waals surface area contributed by atoms with Crippen LogP contribution >= 0.6 is 0 Å². The summed E-state index contributed by atoms with van der Waals surface area (Å²) in [7, 11) is 0. The van der Waals surface area contributed by atoms with Crippen molar-refractivity contribution in [2.75, 3.05) is 11.9 Å². The van der Waals surface area contributed by atoms with E-state index in [4.69, 9.17) is 5.11 Å². The molecule has 1 aromatic rings. The lowest BCUT2D eigenvalue weighted by atomic mass is 10.1. The second-order valence-electron chi connectivity index (χ2n) is 5.29. The summed E-state index contributed by atoms with van der Waals surface area (Å²) in [6.45, 7) is 6.92. The second kappa shape index (κ2) is 8.15. The van der Waals surface area contributed by atoms with E-state index in [0.717, 1.165) is 12.8 Å². The Morgan fingerprint density at radius 1 is 1.24 bits per heavy atom. The average Bonchev–Trinajstić information content (AvgIpc) is 2.37. The van der Waals surface area contributed by atoms with E-state index >= 15 is 0 Å². The molecule has 3 N–H and O–H groups in total. The maximum atomic E-state index is 10.8. The van der Waals surface area contributed by atoms with E-state index in [1.807, 2.05) is 0 Å². The van der Waals surface area contributed by atoms with Gasteiger partial charge in [0.15, 0.2) is 0 Å². The number of carboxylic acids is 1. The molecule has 0 bridgehead atoms. The van der Waals surface area contributed by atoms with E-state index in [1.54, 1.807) is 6.07 Å². The Hall–Kier alpha value is -2.23. The first-order valence-corrected chi connectivity index (χ1v) is 6.99. The van der Waals surface area contributed by atoms with Gasteiger partial charge in [0.2, 0.25) is 0 Å². The maximum Gasteiger partial charge on any atom is 0.339 e. The third-order valence-electron chi connectivity index (χ3n) is 3.08. The van der Waals surface area contributed by atoms with Crippen molar-refractivity contribution in [2.24, 2.45) is 0 Å². The molecule has 1 rings (SSSR count). The van der Waals surface area contributed by atoms with Crippen LogP contribution in [0.1, 0.15) is 44.0 Å². The number of carbonyl (C=O) groups is 1. The molecule has 4 heteroatoms. The lowest BCUT2D eigenvalue weighted by Crippen LogP contribution is -2.01. The van der Waals surface area contributed by atoms with Crippen LogP contribution in [0, 0.1) is 0 Å². The third-order valence-corrected chi connectivity index (χ3v) is 3.08. The van der Waals surface area contributed by atoms with E-state index in [9.17, 15) is 9.90 Å². The highest BCUT2D eigenvalue weighted by atomic mass is 16.4. The van der Waals surface area contributed by atoms with Gasteiger partial charge in [-0.25, -0.2) is 4.79 Å². The molecule has 114 valence electrons. The molecule has 0 aromatic heterocycles. The molecule has 0 spiro atoms. The summed E-state index contributed by atoms with van der Waals surface area (Å²) in [5.74, 6) is -1.36. The summed E-state index contributed by atoms with van der Waals surface area (Å²) in [6.07, 6.45) is 6.38. The summed E-state index contributed by atoms with van der Waals surface area (Å²) in [4.78, 5) is 10.8. The summed E-state index contributed by atoms with van der Waals surface area (Å²) in [5.41, 5.74) is 3.24. The van der Waals surface area contributed by atoms with Crippen LogP contribution in [0.25, 0.3) is 0 Å². The van der Waals surface area contributed by atoms with Gasteiger partial charge in [0.1, 0.15) is 11.3 Å². The van der Waals surface area contributed by atoms with Gasteiger partial charge >= 0.3 is 5.97 Å². The highest BCUT2D eigenvalue weighted by Gasteiger charge is 2.08. The maximum absolute atomic E-state index is 10.8. The van der Waals surface area contributed by atoms with Crippen LogP contribution in [0.15, 0.2) is 41.5 Å². The number of aromatic carboxylic acids is 1. The predicted octanol–water partition coefficient (Wildman–Crippen LogP) is 4.20. The Labute approximate surface area is 125 Å². The van der Waals surface area contributed by atoms with Crippen LogP contribution in [-0.4, -0.2) is 22.7 Å². The van der Waals surface area contributed by atoms with Crippen LogP contribution in [0.5, 0.6) is 5.75 Å². The molecule has 0 unspecified atom stereocenters. The molecule has 0 aliphatic rings. The lowest BCUT2D eigenvalue weighted by Gasteiger charge is -2.07. The number of hydrogen-bond donors (Lipinski definition) is 3. The fraction of sp³-hybridized carbons (Fsp3) is 0.353. The van der Waals surface area contributed by atoms with E-state index in [-0.39, 0.29) is 11.3 Å². The summed E-state index contributed by atoms with van der Waals surface area (Å²) >= 11 is 0. The minimum Gasteiger partial charge on any atom is -0.507 e. The Morgan fingerprint density at radius 3 is 2.52 bits per heavy atom. The van der Waals surface area contributed by atoms with Gasteiger partial charge in [-0.2, -0.15) is 0 Å². The van der Waals surface area contributed by atoms with Crippen molar-refractivity contribution >= 4 is 11.7 Å². The summed E-state index contributed by atoms with van der Waals surface area (Å²) in [6, 6.07) is 4.47. The van der Waals surface area contributed by atoms with Crippen LogP contribution in [-0.2, 0) is 0 Å². The van der Waals surface area contributed by atoms with Crippen molar-refractivity contribution in [1.82, 2.24) is 0 Å². The Bertz CT molecular complexity index is 555. The Morgan fingerprint density at radius 2 is 1.95 bits per heavy atom. The highest BCUT2D eigenvalue weighted by Crippen LogP contribution is 2.21. The smallest absolute Gasteiger partial charge is 0.339 e. The van der Waals surface area contributed by atoms with Crippen molar-refractivity contribution in [1.29, 1.82) is 0 Å². The largest absolute Gasteiger partial charge is 0.507 e. The first-order valence-electron chi connectivity index (χ1n) is 6.99. The fourth-order valence-corrected chi connectivity index (χ4v) is 1.86. The zero-order chi connectivity index (χ0) is 15.8. The minimum atomic E-state index is -1.13. The topological polar surface area (TPSA) is 69.6 Å². The second-order valence-corrected chi connectivity index (χ2v) is 5.29. The molecule has 0 aliphatic carbocycles. The number of benzene rings is 1. The average molecular weight is 289 g/mol. The van der Waals surface area contributed by atoms with Crippen molar-refractivity contribution in [3.8, 4) is 5.75 Å². The van der Waals surface area contributed by atoms with Crippen LogP contribution in [0.2, 0.25) is 0 Å². The predicted molar refractivity (Wildman–Crippen MR) is 86.0 cm³/mol. The number of nitrogens with one attached hydrogen (secondary N) is 1. The number of rotatable bonds is 7. The molecule has 1 aromatic carbocycles. The molecule has 0 heterocycles. The van der Waals surface area contributed by atoms with Gasteiger partial charge in [-0.15, -0.1) is 0 Å². The Kier molecular flexibility index (Phi) is 6.53. The molecular weight excluding hydrogens is 266 g/mol. The van der Waals surface area contributed by atoms with Gasteiger partial charge < -0.3 is 15.5 Å². The quantitative estimate of drug-likeness (QED) is 0.658. The van der Waals surface area contributed by atoms with E-state index in [1.165, 1.54) is 23.3 Å². The third kappa shape index (κ3) is 6.17. The van der Waals surface area contributed by atoms with E-state index < -0.39 is 5.97 Å². The molecule has 0 saturated heterocycles. The molecule has 21 heavy (non-hydrogen) atoms. The molecule has 4 nitrogen and oxygen atoms in total. The number of carboxylic acid groups (broad SMARTS) is 1. The molecule has 0 saturated carbocycles. The monoisotopic (exact) mass is 289 g/mol. The summed E-state index contributed by atoms with van der Waals surface area (Å²) < 4.78 is 0. The number of phenols is 1. The van der Waals surface area contributed by atoms with Gasteiger partial charge in [0.25, 0.3) is 0 Å². The van der Waals surface area contributed by atoms with Gasteiger partial charge in [0.05, 0.1) is 0 Å². The molecule has 0 aliphatic heterocycles. The highest BCUT2D eigenvalue weighted by molar-refractivity contribution is 5.91. The first-order chi connectivity index (χ1) is 9.90. The number of allylic oxidation sites excluding steroid dienone is 3. The van der Waals surface area contributed by atoms with E-state index in [2.05, 4.69) is 38.2 Å². The lowest BCUT2D eigenvalue weighted by molar-refractivity contribution is 0.0694. The SMILES string of the molecule is CC(C)=CCCC(C)=CCNc1ccc(C(=O)O)c(O)c1. The standard InChI is InChI=1S/C17H23NO3/c1-12(2)5-4-6-13(3)9-10-18-14-7-8-15(17(20)21)16(19)11-14/h5,7-9,11,18-19H,4,6,10H2,1-3H3,(H,20,21). The normalized spacial score (nSPS) is 11.1. The van der Waals surface area contributed by atoms with Gasteiger partial charge in [-0.1, -0.05) is 23.3 Å². The van der Waals surface area contributed by atoms with Crippen molar-refractivity contribution in [2.45, 2.75) is 33.6 Å².